The van der Waals surface area contributed by atoms with E-state index in [-0.39, 0.29) is 0 Å². The minimum absolute atomic E-state index is 0.787. The van der Waals surface area contributed by atoms with Gasteiger partial charge in [0.2, 0.25) is 0 Å². The molecule has 16 heavy (non-hydrogen) atoms. The second-order valence-electron chi connectivity index (χ2n) is 5.98. The number of hydrogen-bond acceptors (Lipinski definition) is 2. The Kier molecular flexibility index (Phi) is 4.26. The number of likely N-dealkylation sites (tertiary alicyclic amines) is 1. The lowest BCUT2D eigenvalue weighted by molar-refractivity contribution is 0.163. The van der Waals surface area contributed by atoms with Gasteiger partial charge >= 0.3 is 0 Å². The van der Waals surface area contributed by atoms with E-state index in [1.807, 2.05) is 0 Å². The molecule has 2 rings (SSSR count). The summed E-state index contributed by atoms with van der Waals surface area (Å²) in [5.41, 5.74) is 0. The summed E-state index contributed by atoms with van der Waals surface area (Å²) in [6.07, 6.45) is 5.62. The Morgan fingerprint density at radius 1 is 1.12 bits per heavy atom. The third-order valence-electron chi connectivity index (χ3n) is 4.67. The largest absolute Gasteiger partial charge is 0.314 e. The minimum atomic E-state index is 0.787. The van der Waals surface area contributed by atoms with Crippen LogP contribution in [0.15, 0.2) is 0 Å². The Labute approximate surface area is 101 Å². The Morgan fingerprint density at radius 3 is 2.44 bits per heavy atom. The van der Waals surface area contributed by atoms with E-state index < -0.39 is 0 Å². The summed E-state index contributed by atoms with van der Waals surface area (Å²) in [7, 11) is 0. The first-order chi connectivity index (χ1) is 7.70. The lowest BCUT2D eigenvalue weighted by Gasteiger charge is -2.35. The minimum Gasteiger partial charge on any atom is -0.314 e. The van der Waals surface area contributed by atoms with E-state index in [0.717, 1.165) is 30.5 Å². The second-order valence-corrected chi connectivity index (χ2v) is 5.98. The maximum Gasteiger partial charge on any atom is 0.0110 e. The van der Waals surface area contributed by atoms with Crippen LogP contribution in [0.25, 0.3) is 0 Å². The smallest absolute Gasteiger partial charge is 0.0110 e. The van der Waals surface area contributed by atoms with Crippen LogP contribution in [0.5, 0.6) is 0 Å². The van der Waals surface area contributed by atoms with Gasteiger partial charge in [-0.2, -0.15) is 0 Å². The summed E-state index contributed by atoms with van der Waals surface area (Å²) in [6.45, 7) is 10.9. The van der Waals surface area contributed by atoms with Crippen molar-refractivity contribution in [1.82, 2.24) is 10.2 Å². The van der Waals surface area contributed by atoms with Crippen molar-refractivity contribution in [2.75, 3.05) is 19.6 Å². The molecule has 0 radical (unpaired) electrons. The molecule has 2 fully saturated rings. The Hall–Kier alpha value is -0.0800. The molecule has 0 aromatic rings. The molecule has 0 aromatic carbocycles. The van der Waals surface area contributed by atoms with E-state index in [2.05, 4.69) is 31.0 Å². The third-order valence-corrected chi connectivity index (χ3v) is 4.67. The van der Waals surface area contributed by atoms with Crippen LogP contribution in [0.3, 0.4) is 0 Å². The highest BCUT2D eigenvalue weighted by atomic mass is 15.2. The quantitative estimate of drug-likeness (QED) is 0.792. The van der Waals surface area contributed by atoms with E-state index in [0.29, 0.717) is 0 Å². The van der Waals surface area contributed by atoms with Crippen LogP contribution in [0.1, 0.15) is 46.5 Å². The van der Waals surface area contributed by atoms with Crippen LogP contribution in [0, 0.1) is 11.8 Å². The normalized spacial score (nSPS) is 41.4. The second kappa shape index (κ2) is 5.50. The maximum atomic E-state index is 3.63. The molecule has 1 saturated heterocycles. The molecule has 2 nitrogen and oxygen atoms in total. The van der Waals surface area contributed by atoms with Gasteiger partial charge in [0.1, 0.15) is 0 Å². The summed E-state index contributed by atoms with van der Waals surface area (Å²) in [5.74, 6) is 1.80. The Bertz CT molecular complexity index is 205. The average Bonchev–Trinajstić information content (AvgIpc) is 2.60. The summed E-state index contributed by atoms with van der Waals surface area (Å²) < 4.78 is 0. The van der Waals surface area contributed by atoms with Crippen LogP contribution in [-0.2, 0) is 0 Å². The summed E-state index contributed by atoms with van der Waals surface area (Å²) in [5, 5.41) is 3.63. The van der Waals surface area contributed by atoms with Gasteiger partial charge in [0.05, 0.1) is 0 Å². The molecular formula is C14H28N2. The fourth-order valence-electron chi connectivity index (χ4n) is 3.44. The maximum absolute atomic E-state index is 3.63. The third kappa shape index (κ3) is 2.78. The first-order valence-electron chi connectivity index (χ1n) is 7.18. The van der Waals surface area contributed by atoms with Crippen molar-refractivity contribution >= 4 is 0 Å². The molecule has 4 atom stereocenters. The number of hydrogen-bond donors (Lipinski definition) is 1. The molecule has 4 unspecified atom stereocenters. The van der Waals surface area contributed by atoms with Gasteiger partial charge in [0, 0.05) is 25.2 Å². The van der Waals surface area contributed by atoms with Gasteiger partial charge in [-0.05, 0) is 37.6 Å². The Balaban J connectivity index is 1.85. The van der Waals surface area contributed by atoms with Crippen molar-refractivity contribution in [2.45, 2.75) is 58.5 Å². The van der Waals surface area contributed by atoms with E-state index in [9.17, 15) is 0 Å². The standard InChI is InChI=1S/C14H28N2/c1-4-15-13-6-5-7-14(8-13)16-9-11(2)12(3)10-16/h11-15H,4-10H2,1-3H3. The molecule has 1 aliphatic heterocycles. The van der Waals surface area contributed by atoms with Crippen molar-refractivity contribution in [1.29, 1.82) is 0 Å². The van der Waals surface area contributed by atoms with Gasteiger partial charge in [-0.3, -0.25) is 4.90 Å². The topological polar surface area (TPSA) is 15.3 Å². The van der Waals surface area contributed by atoms with Crippen LogP contribution in [0.4, 0.5) is 0 Å². The van der Waals surface area contributed by atoms with Gasteiger partial charge in [0.25, 0.3) is 0 Å². The van der Waals surface area contributed by atoms with Crippen molar-refractivity contribution in [3.8, 4) is 0 Å². The molecule has 2 heteroatoms. The van der Waals surface area contributed by atoms with Gasteiger partial charge in [-0.1, -0.05) is 27.2 Å². The number of rotatable bonds is 3. The highest BCUT2D eigenvalue weighted by molar-refractivity contribution is 4.89. The van der Waals surface area contributed by atoms with Gasteiger partial charge in [0.15, 0.2) is 0 Å². The molecule has 1 N–H and O–H groups in total. The molecule has 0 amide bonds. The summed E-state index contributed by atoms with van der Waals surface area (Å²) in [6, 6.07) is 1.65. The number of nitrogens with one attached hydrogen (secondary N) is 1. The van der Waals surface area contributed by atoms with Crippen LogP contribution < -0.4 is 5.32 Å². The number of nitrogens with zero attached hydrogens (tertiary/aromatic N) is 1. The lowest BCUT2D eigenvalue weighted by atomic mass is 9.90. The van der Waals surface area contributed by atoms with Crippen molar-refractivity contribution in [3.63, 3.8) is 0 Å². The molecule has 2 aliphatic rings. The lowest BCUT2D eigenvalue weighted by Crippen LogP contribution is -2.43. The van der Waals surface area contributed by atoms with Crippen molar-refractivity contribution < 1.29 is 0 Å². The average molecular weight is 224 g/mol. The van der Waals surface area contributed by atoms with Gasteiger partial charge in [-0.25, -0.2) is 0 Å². The SMILES string of the molecule is CCNC1CCCC(N2CC(C)C(C)C2)C1. The molecule has 0 bridgehead atoms. The Morgan fingerprint density at radius 2 is 1.81 bits per heavy atom. The highest BCUT2D eigenvalue weighted by Gasteiger charge is 2.33. The van der Waals surface area contributed by atoms with Gasteiger partial charge in [-0.15, -0.1) is 0 Å². The molecule has 1 aliphatic carbocycles. The van der Waals surface area contributed by atoms with E-state index in [1.165, 1.54) is 38.8 Å². The molecule has 0 spiro atoms. The van der Waals surface area contributed by atoms with Crippen LogP contribution in [-0.4, -0.2) is 36.6 Å². The van der Waals surface area contributed by atoms with Crippen molar-refractivity contribution in [2.24, 2.45) is 11.8 Å². The zero-order chi connectivity index (χ0) is 11.5. The monoisotopic (exact) mass is 224 g/mol. The predicted molar refractivity (Wildman–Crippen MR) is 69.6 cm³/mol. The van der Waals surface area contributed by atoms with Crippen molar-refractivity contribution in [3.05, 3.63) is 0 Å². The fraction of sp³-hybridized carbons (Fsp3) is 1.00. The first-order valence-corrected chi connectivity index (χ1v) is 7.18. The van der Waals surface area contributed by atoms with Gasteiger partial charge < -0.3 is 5.32 Å². The zero-order valence-corrected chi connectivity index (χ0v) is 11.2. The van der Waals surface area contributed by atoms with Crippen LogP contribution >= 0.6 is 0 Å². The predicted octanol–water partition coefficient (Wildman–Crippen LogP) is 2.49. The molecule has 1 saturated carbocycles. The molecule has 0 aromatic heterocycles. The summed E-state index contributed by atoms with van der Waals surface area (Å²) in [4.78, 5) is 2.76. The van der Waals surface area contributed by atoms with E-state index >= 15 is 0 Å². The summed E-state index contributed by atoms with van der Waals surface area (Å²) >= 11 is 0. The first kappa shape index (κ1) is 12.4. The molecule has 1 heterocycles. The van der Waals surface area contributed by atoms with Crippen LogP contribution in [0.2, 0.25) is 0 Å². The van der Waals surface area contributed by atoms with E-state index in [1.54, 1.807) is 0 Å². The molecule has 94 valence electrons. The highest BCUT2D eigenvalue weighted by Crippen LogP contribution is 2.30. The molecular weight excluding hydrogens is 196 g/mol. The van der Waals surface area contributed by atoms with E-state index in [4.69, 9.17) is 0 Å². The fourth-order valence-corrected chi connectivity index (χ4v) is 3.44. The zero-order valence-electron chi connectivity index (χ0n) is 11.2.